The number of amides is 2. The number of carbonyl (C=O) groups is 2. The van der Waals surface area contributed by atoms with Gasteiger partial charge in [0, 0.05) is 18.2 Å². The van der Waals surface area contributed by atoms with Crippen LogP contribution in [-0.4, -0.2) is 22.0 Å². The molecule has 2 amide bonds. The van der Waals surface area contributed by atoms with Gasteiger partial charge in [0.2, 0.25) is 11.8 Å². The highest BCUT2D eigenvalue weighted by molar-refractivity contribution is 6.22. The molecule has 0 bridgehead atoms. The average molecular weight is 215 g/mol. The van der Waals surface area contributed by atoms with Crippen LogP contribution in [0.5, 0.6) is 0 Å². The fraction of sp³-hybridized carbons (Fsp3) is 0.182. The number of nitrogens with zero attached hydrogens (tertiary/aromatic N) is 2. The number of imide groups is 1. The van der Waals surface area contributed by atoms with E-state index in [-0.39, 0.29) is 24.7 Å². The molecule has 0 atom stereocenters. The van der Waals surface area contributed by atoms with E-state index in [4.69, 9.17) is 0 Å². The summed E-state index contributed by atoms with van der Waals surface area (Å²) in [6, 6.07) is 7.42. The van der Waals surface area contributed by atoms with Crippen LogP contribution in [0.25, 0.3) is 10.9 Å². The Kier molecular flexibility index (Phi) is 1.80. The maximum atomic E-state index is 11.6. The van der Waals surface area contributed by atoms with Crippen LogP contribution < -0.4 is 4.90 Å². The molecular formula is C11H9N3O2. The first-order valence-corrected chi connectivity index (χ1v) is 5.06. The van der Waals surface area contributed by atoms with Gasteiger partial charge in [-0.1, -0.05) is 12.1 Å². The van der Waals surface area contributed by atoms with Crippen molar-refractivity contribution >= 4 is 28.5 Å². The Morgan fingerprint density at radius 1 is 1.12 bits per heavy atom. The quantitative estimate of drug-likeness (QED) is 0.727. The zero-order valence-corrected chi connectivity index (χ0v) is 8.43. The lowest BCUT2D eigenvalue weighted by molar-refractivity contribution is -0.121. The predicted molar refractivity (Wildman–Crippen MR) is 57.8 cm³/mol. The van der Waals surface area contributed by atoms with E-state index < -0.39 is 0 Å². The minimum absolute atomic E-state index is 0.178. The lowest BCUT2D eigenvalue weighted by atomic mass is 10.2. The van der Waals surface area contributed by atoms with Crippen molar-refractivity contribution in [1.29, 1.82) is 0 Å². The van der Waals surface area contributed by atoms with Crippen molar-refractivity contribution in [3.63, 3.8) is 0 Å². The van der Waals surface area contributed by atoms with Crippen molar-refractivity contribution in [3.05, 3.63) is 24.3 Å². The molecule has 5 heteroatoms. The lowest BCUT2D eigenvalue weighted by Crippen LogP contribution is -2.29. The number of benzene rings is 1. The summed E-state index contributed by atoms with van der Waals surface area (Å²) in [7, 11) is 0. The van der Waals surface area contributed by atoms with Crippen LogP contribution >= 0.6 is 0 Å². The second-order valence-corrected chi connectivity index (χ2v) is 3.72. The molecule has 5 nitrogen and oxygen atoms in total. The zero-order valence-electron chi connectivity index (χ0n) is 8.43. The number of carbonyl (C=O) groups excluding carboxylic acids is 2. The van der Waals surface area contributed by atoms with E-state index in [0.29, 0.717) is 5.82 Å². The molecule has 1 aliphatic heterocycles. The second-order valence-electron chi connectivity index (χ2n) is 3.72. The molecule has 80 valence electrons. The van der Waals surface area contributed by atoms with Gasteiger partial charge in [-0.25, -0.2) is 4.90 Å². The molecule has 16 heavy (non-hydrogen) atoms. The van der Waals surface area contributed by atoms with Crippen molar-refractivity contribution in [2.45, 2.75) is 12.8 Å². The Morgan fingerprint density at radius 3 is 2.56 bits per heavy atom. The van der Waals surface area contributed by atoms with E-state index >= 15 is 0 Å². The first-order valence-electron chi connectivity index (χ1n) is 5.06. The second kappa shape index (κ2) is 3.16. The Morgan fingerprint density at radius 2 is 1.81 bits per heavy atom. The summed E-state index contributed by atoms with van der Waals surface area (Å²) in [5.74, 6) is 0.0626. The molecule has 1 N–H and O–H groups in total. The van der Waals surface area contributed by atoms with Crippen LogP contribution in [0.15, 0.2) is 24.3 Å². The predicted octanol–water partition coefficient (Wildman–Crippen LogP) is 1.22. The molecule has 1 aliphatic rings. The van der Waals surface area contributed by atoms with Gasteiger partial charge in [0.15, 0.2) is 5.82 Å². The average Bonchev–Trinajstić information content (AvgIpc) is 2.83. The van der Waals surface area contributed by atoms with Crippen molar-refractivity contribution in [1.82, 2.24) is 10.2 Å². The standard InChI is InChI=1S/C11H9N3O2/c15-9-5-6-10(16)14(9)11-7-3-1-2-4-8(7)12-13-11/h1-4H,5-6H2,(H,12,13). The summed E-state index contributed by atoms with van der Waals surface area (Å²) in [5, 5.41) is 7.64. The van der Waals surface area contributed by atoms with E-state index in [2.05, 4.69) is 10.2 Å². The number of fused-ring (bicyclic) bond motifs is 1. The summed E-state index contributed by atoms with van der Waals surface area (Å²) in [5.41, 5.74) is 0.824. The number of H-pyrrole nitrogens is 1. The normalized spacial score (nSPS) is 16.4. The molecule has 1 saturated heterocycles. The topological polar surface area (TPSA) is 66.1 Å². The van der Waals surface area contributed by atoms with Crippen LogP contribution in [0.1, 0.15) is 12.8 Å². The molecule has 2 aromatic rings. The Bertz CT molecular complexity index is 572. The van der Waals surface area contributed by atoms with Crippen LogP contribution in [0.3, 0.4) is 0 Å². The molecule has 1 aromatic heterocycles. The third-order valence-electron chi connectivity index (χ3n) is 2.71. The van der Waals surface area contributed by atoms with Crippen molar-refractivity contribution in [2.75, 3.05) is 4.90 Å². The zero-order chi connectivity index (χ0) is 11.1. The molecule has 2 heterocycles. The molecule has 0 aliphatic carbocycles. The number of hydrogen-bond acceptors (Lipinski definition) is 3. The van der Waals surface area contributed by atoms with Crippen molar-refractivity contribution < 1.29 is 9.59 Å². The highest BCUT2D eigenvalue weighted by Gasteiger charge is 2.32. The van der Waals surface area contributed by atoms with Crippen LogP contribution in [0.2, 0.25) is 0 Å². The van der Waals surface area contributed by atoms with E-state index in [9.17, 15) is 9.59 Å². The highest BCUT2D eigenvalue weighted by atomic mass is 16.2. The molecule has 3 rings (SSSR count). The number of nitrogens with one attached hydrogen (secondary N) is 1. The fourth-order valence-corrected chi connectivity index (χ4v) is 1.93. The van der Waals surface area contributed by atoms with E-state index in [1.54, 1.807) is 0 Å². The van der Waals surface area contributed by atoms with Gasteiger partial charge in [-0.3, -0.25) is 14.7 Å². The van der Waals surface area contributed by atoms with Gasteiger partial charge in [-0.2, -0.15) is 5.10 Å². The largest absolute Gasteiger partial charge is 0.276 e. The van der Waals surface area contributed by atoms with Crippen LogP contribution in [0.4, 0.5) is 5.82 Å². The maximum Gasteiger partial charge on any atom is 0.235 e. The minimum Gasteiger partial charge on any atom is -0.276 e. The Balaban J connectivity index is 2.19. The monoisotopic (exact) mass is 215 g/mol. The van der Waals surface area contributed by atoms with Gasteiger partial charge >= 0.3 is 0 Å². The van der Waals surface area contributed by atoms with Crippen molar-refractivity contribution in [2.24, 2.45) is 0 Å². The summed E-state index contributed by atoms with van der Waals surface area (Å²) in [4.78, 5) is 24.3. The summed E-state index contributed by atoms with van der Waals surface area (Å²) >= 11 is 0. The fourth-order valence-electron chi connectivity index (χ4n) is 1.93. The van der Waals surface area contributed by atoms with Crippen molar-refractivity contribution in [3.8, 4) is 0 Å². The van der Waals surface area contributed by atoms with Crippen LogP contribution in [-0.2, 0) is 9.59 Å². The molecule has 0 spiro atoms. The minimum atomic E-state index is -0.178. The van der Waals surface area contributed by atoms with E-state index in [0.717, 1.165) is 10.9 Å². The summed E-state index contributed by atoms with van der Waals surface area (Å²) in [6.45, 7) is 0. The summed E-state index contributed by atoms with van der Waals surface area (Å²) < 4.78 is 0. The molecule has 1 fully saturated rings. The lowest BCUT2D eigenvalue weighted by Gasteiger charge is -2.09. The van der Waals surface area contributed by atoms with E-state index in [1.165, 1.54) is 4.90 Å². The third-order valence-corrected chi connectivity index (χ3v) is 2.71. The number of hydrogen-bond donors (Lipinski definition) is 1. The number of aromatic amines is 1. The number of para-hydroxylation sites is 1. The third kappa shape index (κ3) is 1.14. The Labute approximate surface area is 91.0 Å². The molecular weight excluding hydrogens is 206 g/mol. The maximum absolute atomic E-state index is 11.6. The van der Waals surface area contributed by atoms with E-state index in [1.807, 2.05) is 24.3 Å². The molecule has 0 saturated carbocycles. The van der Waals surface area contributed by atoms with Gasteiger partial charge in [0.05, 0.1) is 5.52 Å². The first kappa shape index (κ1) is 9.08. The smallest absolute Gasteiger partial charge is 0.235 e. The van der Waals surface area contributed by atoms with Crippen LogP contribution in [0, 0.1) is 0 Å². The van der Waals surface area contributed by atoms with Gasteiger partial charge in [-0.15, -0.1) is 0 Å². The highest BCUT2D eigenvalue weighted by Crippen LogP contribution is 2.27. The van der Waals surface area contributed by atoms with Gasteiger partial charge in [0.1, 0.15) is 0 Å². The SMILES string of the molecule is O=C1CCC(=O)N1c1n[nH]c2ccccc12. The van der Waals surface area contributed by atoms with Gasteiger partial charge < -0.3 is 0 Å². The Hall–Kier alpha value is -2.17. The molecule has 0 radical (unpaired) electrons. The number of rotatable bonds is 1. The number of aromatic nitrogens is 2. The molecule has 0 unspecified atom stereocenters. The van der Waals surface area contributed by atoms with Gasteiger partial charge in [0.25, 0.3) is 0 Å². The summed E-state index contributed by atoms with van der Waals surface area (Å²) in [6.07, 6.45) is 0.556. The molecule has 1 aromatic carbocycles. The first-order chi connectivity index (χ1) is 7.77. The van der Waals surface area contributed by atoms with Gasteiger partial charge in [-0.05, 0) is 12.1 Å². The number of anilines is 1.